The van der Waals surface area contributed by atoms with Gasteiger partial charge in [-0.3, -0.25) is 4.79 Å². The first-order valence-electron chi connectivity index (χ1n) is 8.59. The molecule has 1 aromatic heterocycles. The highest BCUT2D eigenvalue weighted by atomic mass is 35.5. The van der Waals surface area contributed by atoms with E-state index in [-0.39, 0.29) is 18.8 Å². The predicted molar refractivity (Wildman–Crippen MR) is 100 cm³/mol. The number of alkyl halides is 3. The Morgan fingerprint density at radius 1 is 1.20 bits per heavy atom. The normalized spacial score (nSPS) is 11.4. The van der Waals surface area contributed by atoms with E-state index in [1.807, 2.05) is 0 Å². The number of hydrogen-bond acceptors (Lipinski definition) is 4. The Morgan fingerprint density at radius 3 is 2.53 bits per heavy atom. The van der Waals surface area contributed by atoms with E-state index < -0.39 is 29.3 Å². The average molecular weight is 443 g/mol. The molecular weight excluding hydrogens is 428 g/mol. The van der Waals surface area contributed by atoms with E-state index in [9.17, 15) is 22.4 Å². The molecule has 0 saturated carbocycles. The Balaban J connectivity index is 1.78. The second-order valence-electron chi connectivity index (χ2n) is 6.21. The molecule has 0 aliphatic heterocycles. The van der Waals surface area contributed by atoms with E-state index in [1.165, 1.54) is 19.2 Å². The smallest absolute Gasteiger partial charge is 0.435 e. The largest absolute Gasteiger partial charge is 0.492 e. The maximum absolute atomic E-state index is 13.7. The Morgan fingerprint density at radius 2 is 1.90 bits per heavy atom. The summed E-state index contributed by atoms with van der Waals surface area (Å²) in [7, 11) is 1.31. The fourth-order valence-corrected chi connectivity index (χ4v) is 2.71. The summed E-state index contributed by atoms with van der Waals surface area (Å²) < 4.78 is 60.3. The van der Waals surface area contributed by atoms with Gasteiger partial charge in [0.2, 0.25) is 0 Å². The molecule has 6 nitrogen and oxygen atoms in total. The van der Waals surface area contributed by atoms with Crippen molar-refractivity contribution in [1.29, 1.82) is 0 Å². The summed E-state index contributed by atoms with van der Waals surface area (Å²) in [6.07, 6.45) is -4.94. The molecule has 30 heavy (non-hydrogen) atoms. The molecule has 0 fully saturated rings. The summed E-state index contributed by atoms with van der Waals surface area (Å²) in [5.74, 6) is -1.25. The average Bonchev–Trinajstić information content (AvgIpc) is 3.14. The minimum absolute atomic E-state index is 0.00835. The number of aromatic nitrogens is 3. The monoisotopic (exact) mass is 442 g/mol. The van der Waals surface area contributed by atoms with Crippen molar-refractivity contribution in [3.05, 3.63) is 70.8 Å². The second kappa shape index (κ2) is 8.70. The van der Waals surface area contributed by atoms with Crippen LogP contribution in [0.1, 0.15) is 16.2 Å². The zero-order valence-corrected chi connectivity index (χ0v) is 16.3. The predicted octanol–water partition coefficient (Wildman–Crippen LogP) is 4.23. The first-order valence-corrected chi connectivity index (χ1v) is 8.97. The van der Waals surface area contributed by atoms with E-state index in [0.29, 0.717) is 15.5 Å². The number of rotatable bonds is 6. The molecule has 11 heteroatoms. The number of likely N-dealkylation sites (N-methyl/N-ethyl adjacent to an activating group) is 1. The van der Waals surface area contributed by atoms with Crippen LogP contribution in [-0.2, 0) is 6.18 Å². The van der Waals surface area contributed by atoms with Crippen molar-refractivity contribution < 1.29 is 27.1 Å². The third-order valence-electron chi connectivity index (χ3n) is 4.05. The van der Waals surface area contributed by atoms with Crippen LogP contribution in [0.4, 0.5) is 17.6 Å². The molecule has 3 aromatic rings. The number of carbonyl (C=O) groups is 1. The summed E-state index contributed by atoms with van der Waals surface area (Å²) >= 11 is 5.78. The maximum atomic E-state index is 13.7. The zero-order chi connectivity index (χ0) is 21.9. The van der Waals surface area contributed by atoms with E-state index >= 15 is 0 Å². The van der Waals surface area contributed by atoms with E-state index in [1.54, 1.807) is 24.3 Å². The number of amides is 1. The molecule has 0 bridgehead atoms. The van der Waals surface area contributed by atoms with Crippen LogP contribution in [0.5, 0.6) is 5.75 Å². The molecule has 0 spiro atoms. The van der Waals surface area contributed by atoms with Crippen LogP contribution >= 0.6 is 11.6 Å². The lowest BCUT2D eigenvalue weighted by Crippen LogP contribution is -2.33. The SMILES string of the molecule is CN(CCOc1ccc(Cl)cc1)C(=O)c1nnn(-c2cccc(F)c2)c1C(F)(F)F. The van der Waals surface area contributed by atoms with Crippen molar-refractivity contribution in [2.24, 2.45) is 0 Å². The lowest BCUT2D eigenvalue weighted by Gasteiger charge is -2.18. The van der Waals surface area contributed by atoms with Crippen molar-refractivity contribution in [3.63, 3.8) is 0 Å². The van der Waals surface area contributed by atoms with Crippen LogP contribution in [0.15, 0.2) is 48.5 Å². The fraction of sp³-hybridized carbons (Fsp3) is 0.211. The highest BCUT2D eigenvalue weighted by Gasteiger charge is 2.42. The van der Waals surface area contributed by atoms with Crippen LogP contribution in [0, 0.1) is 5.82 Å². The number of halogens is 5. The van der Waals surface area contributed by atoms with Gasteiger partial charge in [0.05, 0.1) is 12.2 Å². The standard InChI is InChI=1S/C19H15ClF4N4O2/c1-27(9-10-30-15-7-5-12(20)6-8-15)18(29)16-17(19(22,23)24)28(26-25-16)14-4-2-3-13(21)11-14/h2-8,11H,9-10H2,1H3. The summed E-state index contributed by atoms with van der Waals surface area (Å²) in [6.45, 7) is 0.0227. The minimum Gasteiger partial charge on any atom is -0.492 e. The summed E-state index contributed by atoms with van der Waals surface area (Å²) in [5.41, 5.74) is -2.48. The summed E-state index contributed by atoms with van der Waals surface area (Å²) in [6, 6.07) is 10.9. The van der Waals surface area contributed by atoms with Crippen LogP contribution in [0.25, 0.3) is 5.69 Å². The molecule has 0 atom stereocenters. The molecule has 0 unspecified atom stereocenters. The number of carbonyl (C=O) groups excluding carboxylic acids is 1. The third-order valence-corrected chi connectivity index (χ3v) is 4.30. The molecule has 0 radical (unpaired) electrons. The van der Waals surface area contributed by atoms with Crippen LogP contribution < -0.4 is 4.74 Å². The second-order valence-corrected chi connectivity index (χ2v) is 6.64. The molecule has 1 heterocycles. The van der Waals surface area contributed by atoms with Crippen LogP contribution in [0.3, 0.4) is 0 Å². The van der Waals surface area contributed by atoms with Gasteiger partial charge >= 0.3 is 6.18 Å². The van der Waals surface area contributed by atoms with E-state index in [0.717, 1.165) is 17.0 Å². The van der Waals surface area contributed by atoms with Gasteiger partial charge in [-0.15, -0.1) is 5.10 Å². The van der Waals surface area contributed by atoms with Gasteiger partial charge in [0, 0.05) is 12.1 Å². The highest BCUT2D eigenvalue weighted by molar-refractivity contribution is 6.30. The maximum Gasteiger partial charge on any atom is 0.435 e. The summed E-state index contributed by atoms with van der Waals surface area (Å²) in [4.78, 5) is 13.6. The van der Waals surface area contributed by atoms with Gasteiger partial charge in [-0.2, -0.15) is 13.2 Å². The molecule has 0 saturated heterocycles. The molecule has 1 amide bonds. The Labute approximate surface area is 173 Å². The van der Waals surface area contributed by atoms with Crippen molar-refractivity contribution in [1.82, 2.24) is 19.9 Å². The molecular formula is C19H15ClF4N4O2. The molecule has 0 N–H and O–H groups in total. The summed E-state index contributed by atoms with van der Waals surface area (Å²) in [5, 5.41) is 7.36. The Kier molecular flexibility index (Phi) is 6.25. The van der Waals surface area contributed by atoms with Gasteiger partial charge in [-0.05, 0) is 42.5 Å². The minimum atomic E-state index is -4.94. The van der Waals surface area contributed by atoms with Gasteiger partial charge in [0.1, 0.15) is 18.2 Å². The van der Waals surface area contributed by atoms with Crippen LogP contribution in [0.2, 0.25) is 5.02 Å². The van der Waals surface area contributed by atoms with Gasteiger partial charge < -0.3 is 9.64 Å². The number of nitrogens with zero attached hydrogens (tertiary/aromatic N) is 4. The first-order chi connectivity index (χ1) is 14.2. The number of benzene rings is 2. The lowest BCUT2D eigenvalue weighted by molar-refractivity contribution is -0.143. The molecule has 0 aliphatic carbocycles. The zero-order valence-electron chi connectivity index (χ0n) is 15.5. The fourth-order valence-electron chi connectivity index (χ4n) is 2.58. The topological polar surface area (TPSA) is 60.2 Å². The Hall–Kier alpha value is -3.14. The van der Waals surface area contributed by atoms with Crippen molar-refractivity contribution >= 4 is 17.5 Å². The van der Waals surface area contributed by atoms with Gasteiger partial charge in [-0.25, -0.2) is 9.07 Å². The quantitative estimate of drug-likeness (QED) is 0.536. The van der Waals surface area contributed by atoms with Crippen molar-refractivity contribution in [3.8, 4) is 11.4 Å². The third kappa shape index (κ3) is 4.88. The van der Waals surface area contributed by atoms with Crippen LogP contribution in [-0.4, -0.2) is 46.0 Å². The molecule has 0 aliphatic rings. The molecule has 158 valence electrons. The number of ether oxygens (including phenoxy) is 1. The van der Waals surface area contributed by atoms with E-state index in [2.05, 4.69) is 10.3 Å². The first kappa shape index (κ1) is 21.6. The lowest BCUT2D eigenvalue weighted by atomic mass is 10.2. The van der Waals surface area contributed by atoms with Crippen molar-refractivity contribution in [2.45, 2.75) is 6.18 Å². The van der Waals surface area contributed by atoms with Gasteiger partial charge in [0.25, 0.3) is 5.91 Å². The van der Waals surface area contributed by atoms with E-state index in [4.69, 9.17) is 16.3 Å². The number of hydrogen-bond donors (Lipinski definition) is 0. The molecule has 3 rings (SSSR count). The van der Waals surface area contributed by atoms with Crippen molar-refractivity contribution in [2.75, 3.05) is 20.2 Å². The molecule has 2 aromatic carbocycles. The Bertz CT molecular complexity index is 1040. The van der Waals surface area contributed by atoms with Gasteiger partial charge in [-0.1, -0.05) is 22.9 Å². The highest BCUT2D eigenvalue weighted by Crippen LogP contribution is 2.33. The van der Waals surface area contributed by atoms with Gasteiger partial charge in [0.15, 0.2) is 11.4 Å².